The van der Waals surface area contributed by atoms with Gasteiger partial charge in [0.15, 0.2) is 5.65 Å². The molecule has 1 fully saturated rings. The molecule has 24 heavy (non-hydrogen) atoms. The third-order valence-corrected chi connectivity index (χ3v) is 4.91. The molecule has 5 nitrogen and oxygen atoms in total. The number of pyridine rings is 1. The maximum atomic E-state index is 13.0. The number of hydrogen-bond acceptors (Lipinski definition) is 3. The van der Waals surface area contributed by atoms with Gasteiger partial charge in [0.2, 0.25) is 0 Å². The highest BCUT2D eigenvalue weighted by molar-refractivity contribution is 6.05. The summed E-state index contributed by atoms with van der Waals surface area (Å²) >= 11 is 0. The largest absolute Gasteiger partial charge is 0.349 e. The van der Waals surface area contributed by atoms with E-state index in [2.05, 4.69) is 31.2 Å². The lowest BCUT2D eigenvalue weighted by Crippen LogP contribution is -2.34. The number of carbonyl (C=O) groups is 1. The minimum absolute atomic E-state index is 0.00722. The predicted octanol–water partition coefficient (Wildman–Crippen LogP) is 3.72. The summed E-state index contributed by atoms with van der Waals surface area (Å²) in [5, 5.41) is 8.38. The molecule has 2 aromatic heterocycles. The molecule has 0 atom stereocenters. The van der Waals surface area contributed by atoms with E-state index in [1.165, 1.54) is 25.7 Å². The van der Waals surface area contributed by atoms with Crippen LogP contribution in [0, 0.1) is 0 Å². The van der Waals surface area contributed by atoms with Gasteiger partial charge in [0.25, 0.3) is 5.91 Å². The van der Waals surface area contributed by atoms with Gasteiger partial charge >= 0.3 is 0 Å². The number of fused-ring (bicyclic) bond motifs is 1. The Labute approximate surface area is 143 Å². The van der Waals surface area contributed by atoms with Crippen molar-refractivity contribution in [2.45, 2.75) is 70.8 Å². The summed E-state index contributed by atoms with van der Waals surface area (Å²) in [7, 11) is 1.87. The first-order chi connectivity index (χ1) is 11.4. The molecule has 0 aromatic carbocycles. The van der Waals surface area contributed by atoms with Crippen molar-refractivity contribution in [1.29, 1.82) is 0 Å². The van der Waals surface area contributed by atoms with Crippen molar-refractivity contribution in [1.82, 2.24) is 20.1 Å². The summed E-state index contributed by atoms with van der Waals surface area (Å²) in [6.07, 6.45) is 8.88. The zero-order valence-electron chi connectivity index (χ0n) is 15.2. The van der Waals surface area contributed by atoms with E-state index < -0.39 is 0 Å². The van der Waals surface area contributed by atoms with Crippen LogP contribution in [0.2, 0.25) is 0 Å². The van der Waals surface area contributed by atoms with Crippen LogP contribution in [-0.4, -0.2) is 26.7 Å². The molecule has 0 radical (unpaired) electrons. The van der Waals surface area contributed by atoms with Gasteiger partial charge in [-0.25, -0.2) is 4.98 Å². The Balaban J connectivity index is 1.96. The fourth-order valence-corrected chi connectivity index (χ4v) is 3.37. The molecule has 5 heteroatoms. The van der Waals surface area contributed by atoms with Crippen molar-refractivity contribution in [2.24, 2.45) is 7.05 Å². The molecular weight excluding hydrogens is 300 g/mol. The van der Waals surface area contributed by atoms with E-state index in [9.17, 15) is 4.79 Å². The standard InChI is InChI=1S/C19H28N4O/c1-19(2,3)16-11-14(15-12-20-23(4)17(15)22-16)18(24)21-13-9-7-5-6-8-10-13/h11-13H,5-10H2,1-4H3,(H,21,24). The van der Waals surface area contributed by atoms with E-state index in [-0.39, 0.29) is 17.4 Å². The average Bonchev–Trinajstić information content (AvgIpc) is 2.73. The summed E-state index contributed by atoms with van der Waals surface area (Å²) in [4.78, 5) is 17.7. The second-order valence-electron chi connectivity index (χ2n) is 7.97. The molecule has 1 amide bonds. The van der Waals surface area contributed by atoms with Gasteiger partial charge in [-0.2, -0.15) is 5.10 Å². The van der Waals surface area contributed by atoms with Crippen LogP contribution in [0.15, 0.2) is 12.3 Å². The first-order valence-electron chi connectivity index (χ1n) is 9.00. The number of amides is 1. The third-order valence-electron chi connectivity index (χ3n) is 4.91. The van der Waals surface area contributed by atoms with E-state index in [0.717, 1.165) is 29.6 Å². The second kappa shape index (κ2) is 6.54. The Morgan fingerprint density at radius 2 is 1.88 bits per heavy atom. The zero-order valence-corrected chi connectivity index (χ0v) is 15.2. The highest BCUT2D eigenvalue weighted by Gasteiger charge is 2.23. The Hall–Kier alpha value is -1.91. The Morgan fingerprint density at radius 3 is 2.50 bits per heavy atom. The quantitative estimate of drug-likeness (QED) is 0.855. The number of aromatic nitrogens is 3. The predicted molar refractivity (Wildman–Crippen MR) is 96.2 cm³/mol. The maximum Gasteiger partial charge on any atom is 0.252 e. The highest BCUT2D eigenvalue weighted by Crippen LogP contribution is 2.26. The molecular formula is C19H28N4O. The van der Waals surface area contributed by atoms with E-state index in [4.69, 9.17) is 4.98 Å². The van der Waals surface area contributed by atoms with Crippen molar-refractivity contribution in [3.63, 3.8) is 0 Å². The summed E-state index contributed by atoms with van der Waals surface area (Å²) in [6, 6.07) is 2.23. The minimum atomic E-state index is -0.115. The van der Waals surface area contributed by atoms with Gasteiger partial charge in [0, 0.05) is 24.2 Å². The Bertz CT molecular complexity index is 734. The van der Waals surface area contributed by atoms with Crippen LogP contribution in [0.5, 0.6) is 0 Å². The van der Waals surface area contributed by atoms with Crippen LogP contribution in [-0.2, 0) is 12.5 Å². The monoisotopic (exact) mass is 328 g/mol. The molecule has 1 saturated carbocycles. The molecule has 1 N–H and O–H groups in total. The molecule has 0 unspecified atom stereocenters. The first kappa shape index (κ1) is 16.9. The second-order valence-corrected chi connectivity index (χ2v) is 7.97. The Morgan fingerprint density at radius 1 is 1.21 bits per heavy atom. The van der Waals surface area contributed by atoms with Crippen molar-refractivity contribution in [3.8, 4) is 0 Å². The molecule has 3 rings (SSSR count). The van der Waals surface area contributed by atoms with Crippen LogP contribution < -0.4 is 5.32 Å². The molecule has 0 bridgehead atoms. The molecule has 0 spiro atoms. The van der Waals surface area contributed by atoms with Gasteiger partial charge in [0.1, 0.15) is 0 Å². The van der Waals surface area contributed by atoms with Crippen LogP contribution in [0.25, 0.3) is 11.0 Å². The molecule has 2 aromatic rings. The number of nitrogens with one attached hydrogen (secondary N) is 1. The van der Waals surface area contributed by atoms with E-state index in [1.807, 2.05) is 13.1 Å². The molecule has 0 saturated heterocycles. The molecule has 2 heterocycles. The highest BCUT2D eigenvalue weighted by atomic mass is 16.1. The van der Waals surface area contributed by atoms with Crippen molar-refractivity contribution >= 4 is 16.9 Å². The van der Waals surface area contributed by atoms with Crippen LogP contribution in [0.4, 0.5) is 0 Å². The number of rotatable bonds is 2. The van der Waals surface area contributed by atoms with Gasteiger partial charge in [0.05, 0.1) is 17.1 Å². The van der Waals surface area contributed by atoms with E-state index >= 15 is 0 Å². The SMILES string of the molecule is Cn1ncc2c(C(=O)NC3CCCCCC3)cc(C(C)(C)C)nc21. The van der Waals surface area contributed by atoms with Gasteiger partial charge in [-0.05, 0) is 18.9 Å². The van der Waals surface area contributed by atoms with E-state index in [0.29, 0.717) is 5.56 Å². The van der Waals surface area contributed by atoms with Crippen LogP contribution in [0.3, 0.4) is 0 Å². The minimum Gasteiger partial charge on any atom is -0.349 e. The lowest BCUT2D eigenvalue weighted by molar-refractivity contribution is 0.0935. The van der Waals surface area contributed by atoms with Gasteiger partial charge in [-0.3, -0.25) is 9.48 Å². The summed E-state index contributed by atoms with van der Waals surface area (Å²) in [6.45, 7) is 6.35. The number of aryl methyl sites for hydroxylation is 1. The van der Waals surface area contributed by atoms with E-state index in [1.54, 1.807) is 10.9 Å². The van der Waals surface area contributed by atoms with Gasteiger partial charge < -0.3 is 5.32 Å². The van der Waals surface area contributed by atoms with Crippen molar-refractivity contribution in [2.75, 3.05) is 0 Å². The van der Waals surface area contributed by atoms with Gasteiger partial charge in [-0.15, -0.1) is 0 Å². The number of nitrogens with zero attached hydrogens (tertiary/aromatic N) is 3. The topological polar surface area (TPSA) is 59.8 Å². The average molecular weight is 328 g/mol. The summed E-state index contributed by atoms with van der Waals surface area (Å²) < 4.78 is 1.74. The maximum absolute atomic E-state index is 13.0. The first-order valence-corrected chi connectivity index (χ1v) is 9.00. The number of carbonyl (C=O) groups excluding carboxylic acids is 1. The fraction of sp³-hybridized carbons (Fsp3) is 0.632. The van der Waals surface area contributed by atoms with Gasteiger partial charge in [-0.1, -0.05) is 46.5 Å². The lowest BCUT2D eigenvalue weighted by atomic mass is 9.90. The summed E-state index contributed by atoms with van der Waals surface area (Å²) in [5.41, 5.74) is 2.27. The van der Waals surface area contributed by atoms with Crippen molar-refractivity contribution < 1.29 is 4.79 Å². The third kappa shape index (κ3) is 3.45. The molecule has 130 valence electrons. The van der Waals surface area contributed by atoms with Crippen molar-refractivity contribution in [3.05, 3.63) is 23.5 Å². The summed E-state index contributed by atoms with van der Waals surface area (Å²) in [5.74, 6) is 0.00722. The normalized spacial score (nSPS) is 17.0. The van der Waals surface area contributed by atoms with Crippen LogP contribution >= 0.6 is 0 Å². The number of hydrogen-bond donors (Lipinski definition) is 1. The zero-order chi connectivity index (χ0) is 17.3. The lowest BCUT2D eigenvalue weighted by Gasteiger charge is -2.20. The smallest absolute Gasteiger partial charge is 0.252 e. The van der Waals surface area contributed by atoms with Crippen LogP contribution in [0.1, 0.15) is 75.3 Å². The molecule has 1 aliphatic rings. The Kier molecular flexibility index (Phi) is 4.61. The fourth-order valence-electron chi connectivity index (χ4n) is 3.37. The molecule has 1 aliphatic carbocycles. The molecule has 0 aliphatic heterocycles.